The lowest BCUT2D eigenvalue weighted by atomic mass is 9.85. The molecule has 0 radical (unpaired) electrons. The fourth-order valence-electron chi connectivity index (χ4n) is 3.05. The molecule has 142 valence electrons. The maximum Gasteiger partial charge on any atom is 0.335 e. The van der Waals surface area contributed by atoms with Crippen LogP contribution in [0.15, 0.2) is 48.5 Å². The van der Waals surface area contributed by atoms with E-state index < -0.39 is 5.97 Å². The number of hydrogen-bond acceptors (Lipinski definition) is 4. The van der Waals surface area contributed by atoms with Crippen molar-refractivity contribution in [2.24, 2.45) is 5.92 Å². The number of benzene rings is 2. The van der Waals surface area contributed by atoms with Crippen LogP contribution in [0.25, 0.3) is 0 Å². The number of nitrogens with zero attached hydrogens (tertiary/aromatic N) is 1. The zero-order valence-corrected chi connectivity index (χ0v) is 16.0. The highest BCUT2D eigenvalue weighted by atomic mass is 16.4. The average molecular weight is 358 g/mol. The van der Waals surface area contributed by atoms with Crippen LogP contribution in [0.5, 0.6) is 5.75 Å². The lowest BCUT2D eigenvalue weighted by Gasteiger charge is -2.26. The minimum atomic E-state index is -0.931. The van der Waals surface area contributed by atoms with E-state index in [4.69, 9.17) is 10.8 Å². The van der Waals surface area contributed by atoms with Crippen LogP contribution in [-0.2, 0) is 0 Å². The third-order valence-corrected chi connectivity index (χ3v) is 4.24. The predicted octanol–water partition coefficient (Wildman–Crippen LogP) is 4.05. The molecule has 5 nitrogen and oxygen atoms in total. The van der Waals surface area contributed by atoms with Gasteiger partial charge in [-0.3, -0.25) is 0 Å². The van der Waals surface area contributed by atoms with Gasteiger partial charge >= 0.3 is 5.97 Å². The lowest BCUT2D eigenvalue weighted by molar-refractivity contribution is 0.0697. The van der Waals surface area contributed by atoms with Crippen LogP contribution in [0.1, 0.15) is 42.1 Å². The molecule has 0 unspecified atom stereocenters. The third-order valence-electron chi connectivity index (χ3n) is 4.24. The summed E-state index contributed by atoms with van der Waals surface area (Å²) < 4.78 is 0. The summed E-state index contributed by atoms with van der Waals surface area (Å²) in [6.45, 7) is 5.56. The Kier molecular flexibility index (Phi) is 8.65. The Hall–Kier alpha value is -2.53. The highest BCUT2D eigenvalue weighted by Crippen LogP contribution is 2.30. The molecule has 0 aliphatic carbocycles. The molecule has 0 spiro atoms. The third kappa shape index (κ3) is 7.15. The van der Waals surface area contributed by atoms with Crippen molar-refractivity contribution in [3.05, 3.63) is 59.7 Å². The van der Waals surface area contributed by atoms with E-state index in [0.29, 0.717) is 23.3 Å². The molecule has 4 N–H and O–H groups in total. The number of carboxylic acids is 1. The van der Waals surface area contributed by atoms with Gasteiger partial charge in [0.25, 0.3) is 0 Å². The first-order chi connectivity index (χ1) is 12.2. The molecular formula is C21H30N2O3. The van der Waals surface area contributed by atoms with Crippen molar-refractivity contribution in [2.75, 3.05) is 26.4 Å². The lowest BCUT2D eigenvalue weighted by Crippen LogP contribution is -2.24. The monoisotopic (exact) mass is 358 g/mol. The van der Waals surface area contributed by atoms with Crippen molar-refractivity contribution in [3.63, 3.8) is 0 Å². The Morgan fingerprint density at radius 2 is 1.77 bits per heavy atom. The first-order valence-electron chi connectivity index (χ1n) is 8.77. The number of hydrogen-bond donors (Lipinski definition) is 3. The number of aromatic hydroxyl groups is 1. The number of carbonyl (C=O) groups is 1. The second-order valence-electron chi connectivity index (χ2n) is 6.78. The molecule has 0 aliphatic rings. The molecule has 2 aromatic rings. The van der Waals surface area contributed by atoms with E-state index in [0.717, 1.165) is 13.0 Å². The zero-order valence-electron chi connectivity index (χ0n) is 16.0. The molecule has 26 heavy (non-hydrogen) atoms. The number of anilines is 1. The molecule has 0 heterocycles. The molecule has 2 atom stereocenters. The Balaban J connectivity index is 0.000000289. The molecule has 0 saturated carbocycles. The molecule has 0 saturated heterocycles. The van der Waals surface area contributed by atoms with E-state index in [1.807, 2.05) is 12.1 Å². The quantitative estimate of drug-likeness (QED) is 0.678. The zero-order chi connectivity index (χ0) is 19.7. The van der Waals surface area contributed by atoms with Crippen molar-refractivity contribution in [1.29, 1.82) is 0 Å². The van der Waals surface area contributed by atoms with Crippen LogP contribution in [0, 0.1) is 5.92 Å². The van der Waals surface area contributed by atoms with E-state index >= 15 is 0 Å². The number of carboxylic acid groups (broad SMARTS) is 1. The summed E-state index contributed by atoms with van der Waals surface area (Å²) in [4.78, 5) is 12.5. The summed E-state index contributed by atoms with van der Waals surface area (Å²) in [5.41, 5.74) is 7.41. The Bertz CT molecular complexity index is 684. The Morgan fingerprint density at radius 1 is 1.15 bits per heavy atom. The van der Waals surface area contributed by atoms with Gasteiger partial charge in [0.2, 0.25) is 0 Å². The number of phenols is 1. The topological polar surface area (TPSA) is 86.8 Å². The van der Waals surface area contributed by atoms with Gasteiger partial charge < -0.3 is 20.8 Å². The smallest absolute Gasteiger partial charge is 0.335 e. The molecule has 2 aromatic carbocycles. The van der Waals surface area contributed by atoms with Crippen molar-refractivity contribution in [1.82, 2.24) is 4.90 Å². The fraction of sp³-hybridized carbons (Fsp3) is 0.381. The maximum absolute atomic E-state index is 10.3. The minimum absolute atomic E-state index is 0.259. The Labute approximate surface area is 156 Å². The highest BCUT2D eigenvalue weighted by molar-refractivity contribution is 5.87. The first kappa shape index (κ1) is 21.5. The standard InChI is InChI=1S/C14H23NO.C7H7NO2/c1-5-14(11(2)10-15(3)4)12-7-6-8-13(16)9-12;8-6-3-1-5(2-4-6)7(9)10/h6-9,11,14,16H,5,10H2,1-4H3;1-4H,8H2,(H,9,10)/t11-,14+;/m0./s1. The average Bonchev–Trinajstić information content (AvgIpc) is 2.56. The van der Waals surface area contributed by atoms with Crippen molar-refractivity contribution < 1.29 is 15.0 Å². The summed E-state index contributed by atoms with van der Waals surface area (Å²) in [5, 5.41) is 17.9. The molecule has 5 heteroatoms. The summed E-state index contributed by atoms with van der Waals surface area (Å²) in [7, 11) is 4.21. The number of phenolic OH excluding ortho intramolecular Hbond substituents is 1. The van der Waals surface area contributed by atoms with E-state index in [-0.39, 0.29) is 5.56 Å². The van der Waals surface area contributed by atoms with Gasteiger partial charge in [0.1, 0.15) is 5.75 Å². The van der Waals surface area contributed by atoms with Crippen molar-refractivity contribution in [3.8, 4) is 5.75 Å². The summed E-state index contributed by atoms with van der Waals surface area (Å²) in [5.74, 6) is 0.560. The number of rotatable bonds is 6. The molecular weight excluding hydrogens is 328 g/mol. The molecule has 0 bridgehead atoms. The largest absolute Gasteiger partial charge is 0.508 e. The van der Waals surface area contributed by atoms with E-state index in [1.165, 1.54) is 17.7 Å². The fourth-order valence-corrected chi connectivity index (χ4v) is 3.05. The van der Waals surface area contributed by atoms with Crippen molar-refractivity contribution in [2.45, 2.75) is 26.2 Å². The van der Waals surface area contributed by atoms with Gasteiger partial charge in [0.15, 0.2) is 0 Å². The van der Waals surface area contributed by atoms with Crippen molar-refractivity contribution >= 4 is 11.7 Å². The summed E-state index contributed by atoms with van der Waals surface area (Å²) >= 11 is 0. The minimum Gasteiger partial charge on any atom is -0.508 e. The van der Waals surface area contributed by atoms with Crippen LogP contribution in [0.3, 0.4) is 0 Å². The van der Waals surface area contributed by atoms with Gasteiger partial charge in [-0.2, -0.15) is 0 Å². The van der Waals surface area contributed by atoms with Gasteiger partial charge in [-0.25, -0.2) is 4.79 Å². The molecule has 0 aromatic heterocycles. The van der Waals surface area contributed by atoms with E-state index in [1.54, 1.807) is 18.2 Å². The van der Waals surface area contributed by atoms with Crippen LogP contribution in [-0.4, -0.2) is 41.7 Å². The molecule has 0 fully saturated rings. The van der Waals surface area contributed by atoms with E-state index in [2.05, 4.69) is 38.9 Å². The first-order valence-corrected chi connectivity index (χ1v) is 8.77. The van der Waals surface area contributed by atoms with Gasteiger partial charge in [-0.15, -0.1) is 0 Å². The van der Waals surface area contributed by atoms with Crippen LogP contribution >= 0.6 is 0 Å². The highest BCUT2D eigenvalue weighted by Gasteiger charge is 2.18. The molecule has 2 rings (SSSR count). The van der Waals surface area contributed by atoms with Gasteiger partial charge in [0, 0.05) is 12.2 Å². The van der Waals surface area contributed by atoms with Crippen LogP contribution < -0.4 is 5.73 Å². The summed E-state index contributed by atoms with van der Waals surface area (Å²) in [6.07, 6.45) is 1.11. The van der Waals surface area contributed by atoms with Crippen LogP contribution in [0.4, 0.5) is 5.69 Å². The predicted molar refractivity (Wildman–Crippen MR) is 107 cm³/mol. The number of nitrogens with two attached hydrogens (primary N) is 1. The van der Waals surface area contributed by atoms with Gasteiger partial charge in [0.05, 0.1) is 5.56 Å². The van der Waals surface area contributed by atoms with Gasteiger partial charge in [-0.05, 0) is 74.3 Å². The molecule has 0 aliphatic heterocycles. The van der Waals surface area contributed by atoms with E-state index in [9.17, 15) is 9.90 Å². The Morgan fingerprint density at radius 3 is 2.23 bits per heavy atom. The number of aromatic carboxylic acids is 1. The maximum atomic E-state index is 10.3. The molecule has 0 amide bonds. The summed E-state index contributed by atoms with van der Waals surface area (Å²) in [6, 6.07) is 13.7. The van der Waals surface area contributed by atoms with Crippen LogP contribution in [0.2, 0.25) is 0 Å². The SMILES string of the molecule is CC[C@@H](c1cccc(O)c1)[C@@H](C)CN(C)C.Nc1ccc(C(=O)O)cc1. The second kappa shape index (κ2) is 10.5. The normalized spacial score (nSPS) is 12.8. The van der Waals surface area contributed by atoms with Gasteiger partial charge in [-0.1, -0.05) is 26.0 Å². The second-order valence-corrected chi connectivity index (χ2v) is 6.78. The number of nitrogen functional groups attached to an aromatic ring is 1.